The summed E-state index contributed by atoms with van der Waals surface area (Å²) in [6.45, 7) is 0. The first-order chi connectivity index (χ1) is 5.68. The summed E-state index contributed by atoms with van der Waals surface area (Å²) in [7, 11) is 0. The number of halogens is 2. The SMILES string of the molecule is Fc1c(Cl)ccc2[nH]c(=S)[nH]c12. The van der Waals surface area contributed by atoms with Gasteiger partial charge < -0.3 is 9.97 Å². The lowest BCUT2D eigenvalue weighted by atomic mass is 10.3. The lowest BCUT2D eigenvalue weighted by Gasteiger charge is -1.93. The van der Waals surface area contributed by atoms with Gasteiger partial charge in [0.1, 0.15) is 5.52 Å². The van der Waals surface area contributed by atoms with Gasteiger partial charge in [0, 0.05) is 0 Å². The molecule has 0 atom stereocenters. The summed E-state index contributed by atoms with van der Waals surface area (Å²) in [5.74, 6) is -0.471. The van der Waals surface area contributed by atoms with E-state index in [0.717, 1.165) is 0 Å². The van der Waals surface area contributed by atoms with Gasteiger partial charge in [-0.25, -0.2) is 4.39 Å². The van der Waals surface area contributed by atoms with Crippen molar-refractivity contribution in [2.24, 2.45) is 0 Å². The Morgan fingerprint density at radius 1 is 1.33 bits per heavy atom. The van der Waals surface area contributed by atoms with E-state index >= 15 is 0 Å². The summed E-state index contributed by atoms with van der Waals surface area (Å²) in [6, 6.07) is 3.16. The van der Waals surface area contributed by atoms with Crippen LogP contribution in [-0.4, -0.2) is 9.97 Å². The van der Waals surface area contributed by atoms with E-state index in [4.69, 9.17) is 23.8 Å². The maximum Gasteiger partial charge on any atom is 0.175 e. The molecular formula is C7H4ClFN2S. The average molecular weight is 203 g/mol. The van der Waals surface area contributed by atoms with E-state index in [2.05, 4.69) is 9.97 Å². The molecular weight excluding hydrogens is 199 g/mol. The summed E-state index contributed by atoms with van der Waals surface area (Å²) in [4.78, 5) is 5.45. The van der Waals surface area contributed by atoms with Crippen LogP contribution in [0.5, 0.6) is 0 Å². The van der Waals surface area contributed by atoms with Gasteiger partial charge in [-0.3, -0.25) is 0 Å². The van der Waals surface area contributed by atoms with E-state index in [0.29, 0.717) is 15.8 Å². The molecule has 1 aromatic carbocycles. The molecule has 0 unspecified atom stereocenters. The van der Waals surface area contributed by atoms with E-state index in [9.17, 15) is 4.39 Å². The zero-order chi connectivity index (χ0) is 8.72. The lowest BCUT2D eigenvalue weighted by molar-refractivity contribution is 0.637. The number of aromatic nitrogens is 2. The second-order valence-corrected chi connectivity index (χ2v) is 3.18. The molecule has 0 saturated heterocycles. The molecule has 1 aromatic heterocycles. The molecule has 62 valence electrons. The third-order valence-corrected chi connectivity index (χ3v) is 2.08. The van der Waals surface area contributed by atoms with Gasteiger partial charge in [0.15, 0.2) is 10.6 Å². The molecule has 2 aromatic rings. The zero-order valence-electron chi connectivity index (χ0n) is 5.82. The number of H-pyrrole nitrogens is 2. The molecule has 0 radical (unpaired) electrons. The molecule has 0 aliphatic rings. The number of nitrogens with one attached hydrogen (secondary N) is 2. The third kappa shape index (κ3) is 1.04. The summed E-state index contributed by atoms with van der Waals surface area (Å²) in [5, 5.41) is 0.0905. The van der Waals surface area contributed by atoms with Crippen LogP contribution in [-0.2, 0) is 0 Å². The predicted octanol–water partition coefficient (Wildman–Crippen LogP) is 3.02. The Kier molecular flexibility index (Phi) is 1.66. The number of rotatable bonds is 0. The maximum absolute atomic E-state index is 13.2. The fraction of sp³-hybridized carbons (Fsp3) is 0. The summed E-state index contributed by atoms with van der Waals surface area (Å²) >= 11 is 10.3. The third-order valence-electron chi connectivity index (χ3n) is 1.58. The van der Waals surface area contributed by atoms with Crippen LogP contribution in [0.2, 0.25) is 5.02 Å². The highest BCUT2D eigenvalue weighted by atomic mass is 35.5. The molecule has 0 fully saturated rings. The van der Waals surface area contributed by atoms with Crippen LogP contribution < -0.4 is 0 Å². The molecule has 0 amide bonds. The van der Waals surface area contributed by atoms with Gasteiger partial charge in [0.2, 0.25) is 0 Å². The van der Waals surface area contributed by atoms with Gasteiger partial charge in [0.05, 0.1) is 10.5 Å². The van der Waals surface area contributed by atoms with Crippen molar-refractivity contribution >= 4 is 34.9 Å². The molecule has 2 nitrogen and oxygen atoms in total. The Bertz CT molecular complexity index is 488. The quantitative estimate of drug-likeness (QED) is 0.633. The second kappa shape index (κ2) is 2.57. The number of hydrogen-bond acceptors (Lipinski definition) is 1. The smallest absolute Gasteiger partial charge is 0.175 e. The molecule has 0 aliphatic heterocycles. The van der Waals surface area contributed by atoms with Crippen molar-refractivity contribution in [1.82, 2.24) is 9.97 Å². The molecule has 0 saturated carbocycles. The molecule has 0 bridgehead atoms. The molecule has 2 N–H and O–H groups in total. The molecule has 0 spiro atoms. The topological polar surface area (TPSA) is 31.6 Å². The Morgan fingerprint density at radius 3 is 2.83 bits per heavy atom. The predicted molar refractivity (Wildman–Crippen MR) is 48.5 cm³/mol. The Labute approximate surface area is 77.4 Å². The van der Waals surface area contributed by atoms with Crippen LogP contribution in [0.3, 0.4) is 0 Å². The summed E-state index contributed by atoms with van der Waals surface area (Å²) in [6.07, 6.45) is 0. The van der Waals surface area contributed by atoms with Crippen molar-refractivity contribution in [2.45, 2.75) is 0 Å². The number of benzene rings is 1. The minimum absolute atomic E-state index is 0.0905. The first kappa shape index (κ1) is 7.76. The monoisotopic (exact) mass is 202 g/mol. The maximum atomic E-state index is 13.2. The number of aromatic amines is 2. The minimum Gasteiger partial charge on any atom is -0.331 e. The van der Waals surface area contributed by atoms with Gasteiger partial charge in [-0.2, -0.15) is 0 Å². The van der Waals surface area contributed by atoms with Crippen LogP contribution in [0.25, 0.3) is 11.0 Å². The highest BCUT2D eigenvalue weighted by Gasteiger charge is 2.06. The van der Waals surface area contributed by atoms with Crippen molar-refractivity contribution in [2.75, 3.05) is 0 Å². The van der Waals surface area contributed by atoms with Crippen LogP contribution in [0.15, 0.2) is 12.1 Å². The van der Waals surface area contributed by atoms with Gasteiger partial charge in [-0.15, -0.1) is 0 Å². The van der Waals surface area contributed by atoms with Crippen LogP contribution in [0.4, 0.5) is 4.39 Å². The summed E-state index contributed by atoms with van der Waals surface area (Å²) < 4.78 is 13.6. The van der Waals surface area contributed by atoms with Crippen molar-refractivity contribution in [1.29, 1.82) is 0 Å². The molecule has 0 aliphatic carbocycles. The summed E-state index contributed by atoms with van der Waals surface area (Å²) in [5.41, 5.74) is 0.953. The van der Waals surface area contributed by atoms with Crippen LogP contribution >= 0.6 is 23.8 Å². The van der Waals surface area contributed by atoms with E-state index in [-0.39, 0.29) is 5.02 Å². The fourth-order valence-corrected chi connectivity index (χ4v) is 1.41. The van der Waals surface area contributed by atoms with Gasteiger partial charge >= 0.3 is 0 Å². The van der Waals surface area contributed by atoms with E-state index in [1.54, 1.807) is 6.07 Å². The number of fused-ring (bicyclic) bond motifs is 1. The first-order valence-electron chi connectivity index (χ1n) is 3.24. The van der Waals surface area contributed by atoms with Gasteiger partial charge in [-0.1, -0.05) is 11.6 Å². The van der Waals surface area contributed by atoms with Crippen molar-refractivity contribution in [3.8, 4) is 0 Å². The number of imidazole rings is 1. The van der Waals surface area contributed by atoms with E-state index < -0.39 is 5.82 Å². The van der Waals surface area contributed by atoms with Crippen molar-refractivity contribution in [3.05, 3.63) is 27.7 Å². The van der Waals surface area contributed by atoms with E-state index in [1.807, 2.05) is 0 Å². The van der Waals surface area contributed by atoms with Gasteiger partial charge in [0.25, 0.3) is 0 Å². The largest absolute Gasteiger partial charge is 0.331 e. The lowest BCUT2D eigenvalue weighted by Crippen LogP contribution is -1.78. The van der Waals surface area contributed by atoms with Crippen molar-refractivity contribution in [3.63, 3.8) is 0 Å². The van der Waals surface area contributed by atoms with Crippen LogP contribution in [0.1, 0.15) is 0 Å². The molecule has 12 heavy (non-hydrogen) atoms. The van der Waals surface area contributed by atoms with E-state index in [1.165, 1.54) is 6.07 Å². The minimum atomic E-state index is -0.471. The Balaban J connectivity index is 2.99. The Hall–Kier alpha value is -0.870. The zero-order valence-corrected chi connectivity index (χ0v) is 7.39. The average Bonchev–Trinajstić information content (AvgIpc) is 2.39. The standard InChI is InChI=1S/C7H4ClFN2S/c8-3-1-2-4-6(5(3)9)11-7(12)10-4/h1-2H,(H2,10,11,12). The number of hydrogen-bond donors (Lipinski definition) is 2. The second-order valence-electron chi connectivity index (χ2n) is 2.36. The highest BCUT2D eigenvalue weighted by Crippen LogP contribution is 2.21. The molecule has 1 heterocycles. The van der Waals surface area contributed by atoms with Crippen LogP contribution in [0, 0.1) is 10.6 Å². The molecule has 2 rings (SSSR count). The molecule has 5 heteroatoms. The highest BCUT2D eigenvalue weighted by molar-refractivity contribution is 7.71. The van der Waals surface area contributed by atoms with Gasteiger partial charge in [-0.05, 0) is 24.4 Å². The Morgan fingerprint density at radius 2 is 2.08 bits per heavy atom. The van der Waals surface area contributed by atoms with Crippen molar-refractivity contribution < 1.29 is 4.39 Å². The fourth-order valence-electron chi connectivity index (χ4n) is 1.04. The normalized spacial score (nSPS) is 10.8. The first-order valence-corrected chi connectivity index (χ1v) is 4.03.